The van der Waals surface area contributed by atoms with Gasteiger partial charge in [-0.05, 0) is 43.9 Å². The number of nitrogens with zero attached hydrogens (tertiary/aromatic N) is 3. The predicted octanol–water partition coefficient (Wildman–Crippen LogP) is 3.43. The van der Waals surface area contributed by atoms with E-state index in [0.717, 1.165) is 39.1 Å². The fourth-order valence-electron chi connectivity index (χ4n) is 3.36. The second kappa shape index (κ2) is 7.59. The highest BCUT2D eigenvalue weighted by Gasteiger charge is 2.23. The van der Waals surface area contributed by atoms with Gasteiger partial charge in [-0.3, -0.25) is 4.90 Å². The number of ether oxygens (including phenoxy) is 2. The molecule has 1 atom stereocenters. The summed E-state index contributed by atoms with van der Waals surface area (Å²) in [5.74, 6) is 0. The SMILES string of the molecule is c1cnc(OC2CCN(Cc3ccc(C4CCCO4)s3)CC2)nc1. The molecule has 0 aliphatic carbocycles. The number of hydrogen-bond donors (Lipinski definition) is 0. The van der Waals surface area contributed by atoms with Gasteiger partial charge in [-0.15, -0.1) is 11.3 Å². The molecule has 2 aliphatic heterocycles. The van der Waals surface area contributed by atoms with Crippen LogP contribution in [-0.2, 0) is 11.3 Å². The third-order valence-electron chi connectivity index (χ3n) is 4.66. The zero-order valence-corrected chi connectivity index (χ0v) is 14.6. The van der Waals surface area contributed by atoms with Gasteiger partial charge in [0, 0.05) is 48.4 Å². The van der Waals surface area contributed by atoms with Crippen molar-refractivity contribution in [3.05, 3.63) is 40.3 Å². The van der Waals surface area contributed by atoms with Gasteiger partial charge in [0.2, 0.25) is 0 Å². The van der Waals surface area contributed by atoms with Crippen LogP contribution in [-0.4, -0.2) is 40.7 Å². The Bertz CT molecular complexity index is 635. The molecule has 6 heteroatoms. The molecule has 0 aromatic carbocycles. The molecule has 0 amide bonds. The smallest absolute Gasteiger partial charge is 0.316 e. The zero-order valence-electron chi connectivity index (χ0n) is 13.8. The van der Waals surface area contributed by atoms with Crippen molar-refractivity contribution in [2.75, 3.05) is 19.7 Å². The van der Waals surface area contributed by atoms with E-state index in [2.05, 4.69) is 27.0 Å². The first-order valence-corrected chi connectivity index (χ1v) is 9.55. The van der Waals surface area contributed by atoms with Crippen molar-refractivity contribution >= 4 is 11.3 Å². The topological polar surface area (TPSA) is 47.5 Å². The van der Waals surface area contributed by atoms with Crippen LogP contribution in [0.25, 0.3) is 0 Å². The highest BCUT2D eigenvalue weighted by molar-refractivity contribution is 7.12. The number of thiophene rings is 1. The first-order chi connectivity index (χ1) is 11.9. The Morgan fingerprint density at radius 1 is 1.17 bits per heavy atom. The van der Waals surface area contributed by atoms with Crippen LogP contribution in [0.3, 0.4) is 0 Å². The van der Waals surface area contributed by atoms with Gasteiger partial charge in [-0.25, -0.2) is 9.97 Å². The first-order valence-electron chi connectivity index (χ1n) is 8.73. The molecule has 0 saturated carbocycles. The summed E-state index contributed by atoms with van der Waals surface area (Å²) in [6.07, 6.45) is 8.44. The van der Waals surface area contributed by atoms with Crippen molar-refractivity contribution in [2.45, 2.75) is 44.4 Å². The van der Waals surface area contributed by atoms with Crippen LogP contribution in [0.2, 0.25) is 0 Å². The molecule has 2 fully saturated rings. The lowest BCUT2D eigenvalue weighted by atomic mass is 10.1. The maximum atomic E-state index is 5.86. The number of piperidine rings is 1. The van der Waals surface area contributed by atoms with Gasteiger partial charge in [-0.1, -0.05) is 0 Å². The fraction of sp³-hybridized carbons (Fsp3) is 0.556. The van der Waals surface area contributed by atoms with Gasteiger partial charge in [0.05, 0.1) is 6.10 Å². The summed E-state index contributed by atoms with van der Waals surface area (Å²) in [6, 6.07) is 6.82. The summed E-state index contributed by atoms with van der Waals surface area (Å²) in [5.41, 5.74) is 0. The van der Waals surface area contributed by atoms with Crippen molar-refractivity contribution in [3.8, 4) is 6.01 Å². The lowest BCUT2D eigenvalue weighted by Crippen LogP contribution is -2.37. The van der Waals surface area contributed by atoms with E-state index in [-0.39, 0.29) is 6.10 Å². The molecule has 128 valence electrons. The summed E-state index contributed by atoms with van der Waals surface area (Å²) in [6.45, 7) is 4.07. The Morgan fingerprint density at radius 3 is 2.75 bits per heavy atom. The van der Waals surface area contributed by atoms with E-state index in [1.807, 2.05) is 11.3 Å². The van der Waals surface area contributed by atoms with Crippen LogP contribution in [0.5, 0.6) is 6.01 Å². The highest BCUT2D eigenvalue weighted by Crippen LogP contribution is 2.33. The van der Waals surface area contributed by atoms with E-state index >= 15 is 0 Å². The summed E-state index contributed by atoms with van der Waals surface area (Å²) in [7, 11) is 0. The largest absolute Gasteiger partial charge is 0.460 e. The van der Waals surface area contributed by atoms with E-state index in [1.165, 1.54) is 22.6 Å². The van der Waals surface area contributed by atoms with E-state index in [9.17, 15) is 0 Å². The number of likely N-dealkylation sites (tertiary alicyclic amines) is 1. The monoisotopic (exact) mass is 345 g/mol. The van der Waals surface area contributed by atoms with Gasteiger partial charge < -0.3 is 9.47 Å². The lowest BCUT2D eigenvalue weighted by Gasteiger charge is -2.31. The van der Waals surface area contributed by atoms with Crippen LogP contribution >= 0.6 is 11.3 Å². The molecule has 2 aromatic heterocycles. The molecule has 4 heterocycles. The van der Waals surface area contributed by atoms with Crippen LogP contribution in [0.4, 0.5) is 0 Å². The molecule has 2 saturated heterocycles. The first kappa shape index (κ1) is 16.0. The van der Waals surface area contributed by atoms with Crippen LogP contribution < -0.4 is 4.74 Å². The molecular formula is C18H23N3O2S. The van der Waals surface area contributed by atoms with E-state index in [4.69, 9.17) is 9.47 Å². The number of rotatable bonds is 5. The van der Waals surface area contributed by atoms with Crippen molar-refractivity contribution in [1.29, 1.82) is 0 Å². The van der Waals surface area contributed by atoms with Crippen molar-refractivity contribution < 1.29 is 9.47 Å². The quantitative estimate of drug-likeness (QED) is 0.831. The minimum atomic E-state index is 0.231. The zero-order chi connectivity index (χ0) is 16.2. The average Bonchev–Trinajstić information content (AvgIpc) is 3.29. The number of aromatic nitrogens is 2. The molecule has 1 unspecified atom stereocenters. The maximum absolute atomic E-state index is 5.86. The third kappa shape index (κ3) is 3.94. The molecule has 0 spiro atoms. The molecule has 0 N–H and O–H groups in total. The molecule has 24 heavy (non-hydrogen) atoms. The molecule has 0 radical (unpaired) electrons. The van der Waals surface area contributed by atoms with Gasteiger partial charge in [-0.2, -0.15) is 0 Å². The Kier molecular flexibility index (Phi) is 5.06. The van der Waals surface area contributed by atoms with Gasteiger partial charge in [0.15, 0.2) is 0 Å². The van der Waals surface area contributed by atoms with Crippen LogP contribution in [0, 0.1) is 0 Å². The third-order valence-corrected chi connectivity index (χ3v) is 5.82. The Hall–Kier alpha value is -1.50. The molecule has 2 aliphatic rings. The number of hydrogen-bond acceptors (Lipinski definition) is 6. The van der Waals surface area contributed by atoms with Crippen molar-refractivity contribution in [1.82, 2.24) is 14.9 Å². The van der Waals surface area contributed by atoms with Crippen LogP contribution in [0.1, 0.15) is 41.5 Å². The van der Waals surface area contributed by atoms with Crippen LogP contribution in [0.15, 0.2) is 30.6 Å². The molecule has 4 rings (SSSR count). The summed E-state index contributed by atoms with van der Waals surface area (Å²) in [5, 5.41) is 0. The standard InChI is InChI=1S/C18H23N3O2S/c1-3-16(22-12-1)17-5-4-15(24-17)13-21-10-6-14(7-11-21)23-18-19-8-2-9-20-18/h2,4-5,8-9,14,16H,1,3,6-7,10-13H2. The summed E-state index contributed by atoms with van der Waals surface area (Å²) >= 11 is 1.91. The van der Waals surface area contributed by atoms with Crippen molar-refractivity contribution in [3.63, 3.8) is 0 Å². The van der Waals surface area contributed by atoms with Gasteiger partial charge in [0.1, 0.15) is 6.10 Å². The normalized spacial score (nSPS) is 22.8. The average molecular weight is 345 g/mol. The fourth-order valence-corrected chi connectivity index (χ4v) is 4.49. The van der Waals surface area contributed by atoms with Crippen molar-refractivity contribution in [2.24, 2.45) is 0 Å². The van der Waals surface area contributed by atoms with E-state index in [0.29, 0.717) is 12.1 Å². The summed E-state index contributed by atoms with van der Waals surface area (Å²) < 4.78 is 11.6. The second-order valence-electron chi connectivity index (χ2n) is 6.43. The molecular weight excluding hydrogens is 322 g/mol. The Morgan fingerprint density at radius 2 is 2.00 bits per heavy atom. The second-order valence-corrected chi connectivity index (χ2v) is 7.63. The summed E-state index contributed by atoms with van der Waals surface area (Å²) in [4.78, 5) is 13.6. The van der Waals surface area contributed by atoms with Gasteiger partial charge >= 0.3 is 6.01 Å². The Labute approximate surface area is 146 Å². The van der Waals surface area contributed by atoms with E-state index in [1.54, 1.807) is 18.5 Å². The Balaban J connectivity index is 1.26. The van der Waals surface area contributed by atoms with E-state index < -0.39 is 0 Å². The van der Waals surface area contributed by atoms with Gasteiger partial charge in [0.25, 0.3) is 0 Å². The predicted molar refractivity (Wildman–Crippen MR) is 93.2 cm³/mol. The maximum Gasteiger partial charge on any atom is 0.316 e. The minimum absolute atomic E-state index is 0.231. The molecule has 5 nitrogen and oxygen atoms in total. The highest BCUT2D eigenvalue weighted by atomic mass is 32.1. The lowest BCUT2D eigenvalue weighted by molar-refractivity contribution is 0.0897. The molecule has 0 bridgehead atoms. The minimum Gasteiger partial charge on any atom is -0.460 e. The molecule has 2 aromatic rings.